The van der Waals surface area contributed by atoms with E-state index in [9.17, 15) is 9.90 Å². The normalized spacial score (nSPS) is 22.8. The van der Waals surface area contributed by atoms with Gasteiger partial charge in [-0.05, 0) is 33.4 Å². The minimum Gasteiger partial charge on any atom is -0.387 e. The highest BCUT2D eigenvalue weighted by atomic mass is 32.1. The number of thiazole rings is 1. The van der Waals surface area contributed by atoms with Crippen LogP contribution < -0.4 is 0 Å². The summed E-state index contributed by atoms with van der Waals surface area (Å²) in [7, 11) is 3.86. The van der Waals surface area contributed by atoms with Gasteiger partial charge in [-0.3, -0.25) is 4.79 Å². The molecule has 1 aliphatic rings. The lowest BCUT2D eigenvalue weighted by Crippen LogP contribution is -2.43. The molecule has 0 bridgehead atoms. The van der Waals surface area contributed by atoms with Crippen molar-refractivity contribution in [2.75, 3.05) is 33.7 Å². The SMILES string of the molecule is CCCc1nc(C(=O)N2CC[C@](O)(CN(C)C)C2)cs1. The van der Waals surface area contributed by atoms with Gasteiger partial charge in [-0.1, -0.05) is 6.92 Å². The highest BCUT2D eigenvalue weighted by Crippen LogP contribution is 2.24. The molecule has 1 atom stereocenters. The molecule has 0 aromatic carbocycles. The van der Waals surface area contributed by atoms with Crippen LogP contribution in [0, 0.1) is 0 Å². The molecule has 112 valence electrons. The van der Waals surface area contributed by atoms with Gasteiger partial charge in [0.2, 0.25) is 0 Å². The molecule has 5 nitrogen and oxygen atoms in total. The molecular weight excluding hydrogens is 274 g/mol. The van der Waals surface area contributed by atoms with Crippen LogP contribution in [0.15, 0.2) is 5.38 Å². The van der Waals surface area contributed by atoms with E-state index in [1.54, 1.807) is 16.2 Å². The van der Waals surface area contributed by atoms with Crippen molar-refractivity contribution in [2.45, 2.75) is 31.8 Å². The second kappa shape index (κ2) is 6.20. The summed E-state index contributed by atoms with van der Waals surface area (Å²) in [6.45, 7) is 3.67. The molecule has 20 heavy (non-hydrogen) atoms. The fraction of sp³-hybridized carbons (Fsp3) is 0.714. The number of β-amino-alcohol motifs (C(OH)–C–C–N with tert-alkyl or cyclic N) is 1. The Bertz CT molecular complexity index is 475. The number of amides is 1. The number of hydrogen-bond donors (Lipinski definition) is 1. The van der Waals surface area contributed by atoms with Gasteiger partial charge in [0.15, 0.2) is 0 Å². The van der Waals surface area contributed by atoms with Crippen LogP contribution >= 0.6 is 11.3 Å². The number of aryl methyl sites for hydroxylation is 1. The molecular formula is C14H23N3O2S. The molecule has 1 aliphatic heterocycles. The Labute approximate surface area is 124 Å². The van der Waals surface area contributed by atoms with E-state index in [-0.39, 0.29) is 5.91 Å². The fourth-order valence-electron chi connectivity index (χ4n) is 2.65. The molecule has 0 aliphatic carbocycles. The van der Waals surface area contributed by atoms with Crippen LogP contribution in [0.25, 0.3) is 0 Å². The number of aliphatic hydroxyl groups is 1. The number of hydrogen-bond acceptors (Lipinski definition) is 5. The summed E-state index contributed by atoms with van der Waals surface area (Å²) < 4.78 is 0. The number of carbonyl (C=O) groups is 1. The summed E-state index contributed by atoms with van der Waals surface area (Å²) in [5, 5.41) is 13.3. The van der Waals surface area contributed by atoms with Gasteiger partial charge in [0.05, 0.1) is 17.2 Å². The molecule has 6 heteroatoms. The first-order valence-electron chi connectivity index (χ1n) is 7.04. The number of likely N-dealkylation sites (tertiary alicyclic amines) is 1. The summed E-state index contributed by atoms with van der Waals surface area (Å²) in [4.78, 5) is 20.4. The van der Waals surface area contributed by atoms with Crippen molar-refractivity contribution < 1.29 is 9.90 Å². The van der Waals surface area contributed by atoms with Gasteiger partial charge in [-0.25, -0.2) is 4.98 Å². The van der Waals surface area contributed by atoms with Crippen molar-refractivity contribution in [3.8, 4) is 0 Å². The van der Waals surface area contributed by atoms with Gasteiger partial charge in [-0.15, -0.1) is 11.3 Å². The molecule has 0 radical (unpaired) electrons. The Morgan fingerprint density at radius 1 is 1.60 bits per heavy atom. The minimum absolute atomic E-state index is 0.0571. The van der Waals surface area contributed by atoms with E-state index in [0.717, 1.165) is 17.8 Å². The van der Waals surface area contributed by atoms with Gasteiger partial charge in [0.1, 0.15) is 5.69 Å². The van der Waals surface area contributed by atoms with Crippen molar-refractivity contribution in [3.05, 3.63) is 16.1 Å². The average molecular weight is 297 g/mol. The van der Waals surface area contributed by atoms with Gasteiger partial charge < -0.3 is 14.9 Å². The van der Waals surface area contributed by atoms with Crippen LogP contribution in [-0.2, 0) is 6.42 Å². The van der Waals surface area contributed by atoms with Gasteiger partial charge in [0, 0.05) is 18.5 Å². The predicted octanol–water partition coefficient (Wildman–Crippen LogP) is 1.23. The Balaban J connectivity index is 2.00. The highest BCUT2D eigenvalue weighted by molar-refractivity contribution is 7.09. The van der Waals surface area contributed by atoms with E-state index in [1.165, 1.54) is 0 Å². The highest BCUT2D eigenvalue weighted by Gasteiger charge is 2.39. The molecule has 0 unspecified atom stereocenters. The molecule has 1 saturated heterocycles. The molecule has 1 aromatic heterocycles. The van der Waals surface area contributed by atoms with Crippen LogP contribution in [0.2, 0.25) is 0 Å². The molecule has 0 saturated carbocycles. The molecule has 0 spiro atoms. The molecule has 2 rings (SSSR count). The maximum Gasteiger partial charge on any atom is 0.273 e. The number of nitrogens with zero attached hydrogens (tertiary/aromatic N) is 3. The van der Waals surface area contributed by atoms with E-state index in [2.05, 4.69) is 11.9 Å². The molecule has 1 N–H and O–H groups in total. The summed E-state index contributed by atoms with van der Waals surface area (Å²) in [6.07, 6.45) is 2.58. The van der Waals surface area contributed by atoms with Crippen molar-refractivity contribution in [1.82, 2.24) is 14.8 Å². The zero-order valence-corrected chi connectivity index (χ0v) is 13.2. The molecule has 1 aromatic rings. The molecule has 2 heterocycles. The first kappa shape index (κ1) is 15.4. The third kappa shape index (κ3) is 3.56. The zero-order valence-electron chi connectivity index (χ0n) is 12.4. The lowest BCUT2D eigenvalue weighted by Gasteiger charge is -2.26. The lowest BCUT2D eigenvalue weighted by molar-refractivity contribution is 0.0235. The first-order valence-corrected chi connectivity index (χ1v) is 7.92. The van der Waals surface area contributed by atoms with Crippen molar-refractivity contribution >= 4 is 17.2 Å². The van der Waals surface area contributed by atoms with Crippen molar-refractivity contribution in [1.29, 1.82) is 0 Å². The zero-order chi connectivity index (χ0) is 14.8. The number of aromatic nitrogens is 1. The van der Waals surface area contributed by atoms with E-state index in [4.69, 9.17) is 0 Å². The van der Waals surface area contributed by atoms with Gasteiger partial charge in [0.25, 0.3) is 5.91 Å². The minimum atomic E-state index is -0.790. The Morgan fingerprint density at radius 2 is 2.35 bits per heavy atom. The summed E-state index contributed by atoms with van der Waals surface area (Å²) in [6, 6.07) is 0. The van der Waals surface area contributed by atoms with Crippen LogP contribution in [0.3, 0.4) is 0 Å². The number of carbonyl (C=O) groups excluding carboxylic acids is 1. The summed E-state index contributed by atoms with van der Waals surface area (Å²) in [5.41, 5.74) is -0.269. The summed E-state index contributed by atoms with van der Waals surface area (Å²) >= 11 is 1.54. The monoisotopic (exact) mass is 297 g/mol. The third-order valence-corrected chi connectivity index (χ3v) is 4.37. The number of rotatable bonds is 5. The Hall–Kier alpha value is -0.980. The van der Waals surface area contributed by atoms with Crippen LogP contribution in [0.4, 0.5) is 0 Å². The van der Waals surface area contributed by atoms with Crippen LogP contribution in [-0.4, -0.2) is 65.1 Å². The molecule has 1 amide bonds. The summed E-state index contributed by atoms with van der Waals surface area (Å²) in [5.74, 6) is -0.0571. The standard InChI is InChI=1S/C14H23N3O2S/c1-4-5-12-15-11(8-20-12)13(18)17-7-6-14(19,10-17)9-16(2)3/h8,19H,4-7,9-10H2,1-3H3/t14-/m0/s1. The van der Waals surface area contributed by atoms with Crippen LogP contribution in [0.1, 0.15) is 35.3 Å². The van der Waals surface area contributed by atoms with Gasteiger partial charge in [-0.2, -0.15) is 0 Å². The maximum absolute atomic E-state index is 12.4. The number of likely N-dealkylation sites (N-methyl/N-ethyl adjacent to an activating group) is 1. The average Bonchev–Trinajstić information content (AvgIpc) is 2.95. The fourth-order valence-corrected chi connectivity index (χ4v) is 3.52. The second-order valence-electron chi connectivity index (χ2n) is 5.82. The van der Waals surface area contributed by atoms with Crippen molar-refractivity contribution in [3.63, 3.8) is 0 Å². The van der Waals surface area contributed by atoms with Crippen LogP contribution in [0.5, 0.6) is 0 Å². The lowest BCUT2D eigenvalue weighted by atomic mass is 10.0. The quantitative estimate of drug-likeness (QED) is 0.888. The Morgan fingerprint density at radius 3 is 3.00 bits per heavy atom. The van der Waals surface area contributed by atoms with Crippen molar-refractivity contribution in [2.24, 2.45) is 0 Å². The predicted molar refractivity (Wildman–Crippen MR) is 80.1 cm³/mol. The maximum atomic E-state index is 12.4. The second-order valence-corrected chi connectivity index (χ2v) is 6.76. The molecule has 1 fully saturated rings. The van der Waals surface area contributed by atoms with E-state index < -0.39 is 5.60 Å². The van der Waals surface area contributed by atoms with E-state index >= 15 is 0 Å². The largest absolute Gasteiger partial charge is 0.387 e. The van der Waals surface area contributed by atoms with E-state index in [1.807, 2.05) is 24.4 Å². The Kier molecular flexibility index (Phi) is 4.78. The first-order chi connectivity index (χ1) is 9.43. The topological polar surface area (TPSA) is 56.7 Å². The van der Waals surface area contributed by atoms with Gasteiger partial charge >= 0.3 is 0 Å². The third-order valence-electron chi connectivity index (χ3n) is 3.46. The smallest absolute Gasteiger partial charge is 0.273 e. The van der Waals surface area contributed by atoms with E-state index in [0.29, 0.717) is 31.7 Å².